The van der Waals surface area contributed by atoms with E-state index in [4.69, 9.17) is 21.1 Å². The molecule has 1 saturated heterocycles. The number of nitrogens with zero attached hydrogens (tertiary/aromatic N) is 1. The van der Waals surface area contributed by atoms with Gasteiger partial charge in [-0.1, -0.05) is 54.6 Å². The number of hydrogen-bond acceptors (Lipinski definition) is 6. The minimum Gasteiger partial charge on any atom is -0.479 e. The van der Waals surface area contributed by atoms with E-state index >= 15 is 0 Å². The molecule has 0 bridgehead atoms. The monoisotopic (exact) mass is 451 g/mol. The molecule has 1 heterocycles. The van der Waals surface area contributed by atoms with Crippen molar-refractivity contribution in [2.45, 2.75) is 49.4 Å². The van der Waals surface area contributed by atoms with Gasteiger partial charge in [0.05, 0.1) is 19.3 Å². The second-order valence-corrected chi connectivity index (χ2v) is 9.03. The van der Waals surface area contributed by atoms with Crippen molar-refractivity contribution >= 4 is 23.4 Å². The zero-order chi connectivity index (χ0) is 21.8. The van der Waals surface area contributed by atoms with Crippen LogP contribution in [0.1, 0.15) is 31.7 Å². The molecular formula is C23H30ClNO4S. The maximum atomic E-state index is 10.6. The Morgan fingerprint density at radius 1 is 1.43 bits per heavy atom. The fourth-order valence-corrected chi connectivity index (χ4v) is 4.80. The number of ether oxygens (including phenoxy) is 2. The van der Waals surface area contributed by atoms with Crippen molar-refractivity contribution in [3.63, 3.8) is 0 Å². The van der Waals surface area contributed by atoms with Gasteiger partial charge in [0.25, 0.3) is 0 Å². The molecular weight excluding hydrogens is 422 g/mol. The van der Waals surface area contributed by atoms with Crippen LogP contribution in [0.15, 0.2) is 59.8 Å². The molecule has 30 heavy (non-hydrogen) atoms. The Hall–Kier alpha value is -1.60. The summed E-state index contributed by atoms with van der Waals surface area (Å²) in [6.45, 7) is 7.35. The molecule has 3 unspecified atom stereocenters. The number of hydrogen-bond donors (Lipinski definition) is 1. The highest BCUT2D eigenvalue weighted by Crippen LogP contribution is 2.36. The van der Waals surface area contributed by atoms with E-state index in [-0.39, 0.29) is 17.2 Å². The number of halogens is 1. The van der Waals surface area contributed by atoms with Crippen molar-refractivity contribution in [3.05, 3.63) is 70.1 Å². The van der Waals surface area contributed by atoms with Crippen molar-refractivity contribution in [1.29, 1.82) is 0 Å². The summed E-state index contributed by atoms with van der Waals surface area (Å²) in [4.78, 5) is 10.6. The first-order valence-corrected chi connectivity index (χ1v) is 11.5. The molecule has 1 fully saturated rings. The minimum atomic E-state index is -0.499. The summed E-state index contributed by atoms with van der Waals surface area (Å²) < 4.78 is 11.7. The lowest BCUT2D eigenvalue weighted by atomic mass is 10.0. The largest absolute Gasteiger partial charge is 0.479 e. The second kappa shape index (κ2) is 13.7. The molecule has 7 heteroatoms. The number of rotatable bonds is 12. The molecule has 1 aliphatic rings. The maximum Gasteiger partial charge on any atom is 0.147 e. The van der Waals surface area contributed by atoms with E-state index < -0.39 is 6.10 Å². The molecule has 164 valence electrons. The summed E-state index contributed by atoms with van der Waals surface area (Å²) in [6, 6.07) is 5.54. The van der Waals surface area contributed by atoms with Crippen molar-refractivity contribution in [2.24, 2.45) is 5.18 Å². The molecule has 0 radical (unpaired) electrons. The molecule has 0 aromatic heterocycles. The Labute approximate surface area is 188 Å². The predicted octanol–water partition coefficient (Wildman–Crippen LogP) is 5.71. The lowest BCUT2D eigenvalue weighted by molar-refractivity contribution is 0.112. The van der Waals surface area contributed by atoms with Crippen LogP contribution in [0.25, 0.3) is 0 Å². The van der Waals surface area contributed by atoms with Crippen molar-refractivity contribution < 1.29 is 14.6 Å². The number of aliphatic hydroxyl groups excluding tert-OH is 1. The Bertz CT molecular complexity index is 753. The number of aliphatic hydroxyl groups is 1. The Morgan fingerprint density at radius 2 is 2.27 bits per heavy atom. The Kier molecular flexibility index (Phi) is 11.2. The molecule has 1 N–H and O–H groups in total. The van der Waals surface area contributed by atoms with Crippen molar-refractivity contribution in [1.82, 2.24) is 0 Å². The fourth-order valence-electron chi connectivity index (χ4n) is 3.21. The number of thioether (sulfide) groups is 1. The van der Waals surface area contributed by atoms with Crippen LogP contribution in [0.4, 0.5) is 0 Å². The van der Waals surface area contributed by atoms with Crippen LogP contribution in [0.3, 0.4) is 0 Å². The highest BCUT2D eigenvalue weighted by Gasteiger charge is 2.30. The first kappa shape index (κ1) is 24.7. The molecule has 5 nitrogen and oxygen atoms in total. The number of allylic oxidation sites excluding steroid dienone is 4. The fraction of sp³-hybridized carbons (Fsp3) is 0.478. The predicted molar refractivity (Wildman–Crippen MR) is 125 cm³/mol. The summed E-state index contributed by atoms with van der Waals surface area (Å²) in [6.07, 6.45) is 9.88. The highest BCUT2D eigenvalue weighted by molar-refractivity contribution is 8.00. The first-order chi connectivity index (χ1) is 14.5. The third-order valence-corrected chi connectivity index (χ3v) is 6.08. The molecule has 3 atom stereocenters. The van der Waals surface area contributed by atoms with Gasteiger partial charge in [-0.05, 0) is 36.6 Å². The zero-order valence-electron chi connectivity index (χ0n) is 17.3. The molecule has 2 rings (SSSR count). The Balaban J connectivity index is 2.12. The zero-order valence-corrected chi connectivity index (χ0v) is 18.9. The van der Waals surface area contributed by atoms with E-state index in [9.17, 15) is 10.0 Å². The minimum absolute atomic E-state index is 0.0331. The van der Waals surface area contributed by atoms with E-state index in [1.807, 2.05) is 30.4 Å². The standard InChI is InChI=1S/C23H30ClNO4S/c1-3-6-17(7-5-11-28-10-4-2)12-18-13-19(24)8-9-22(18)29-23-15-20(26)14-21(30-23)16-25-27/h3,5-9,13,20-21,23,26H,1,4,10-12,14-16H2,2H3/b7-5-,17-6+. The van der Waals surface area contributed by atoms with Gasteiger partial charge in [0.1, 0.15) is 11.2 Å². The molecule has 1 aliphatic heterocycles. The SMILES string of the molecule is C=C/C=C(\C=C/COCCC)Cc1cc(Cl)ccc1OC1CC(O)CC(CN=O)S1. The van der Waals surface area contributed by atoms with E-state index in [2.05, 4.69) is 18.7 Å². The second-order valence-electron chi connectivity index (χ2n) is 7.13. The first-order valence-electron chi connectivity index (χ1n) is 10.2. The van der Waals surface area contributed by atoms with Gasteiger partial charge in [-0.25, -0.2) is 0 Å². The summed E-state index contributed by atoms with van der Waals surface area (Å²) >= 11 is 7.79. The van der Waals surface area contributed by atoms with Gasteiger partial charge in [-0.2, -0.15) is 4.91 Å². The topological polar surface area (TPSA) is 68.1 Å². The third kappa shape index (κ3) is 8.64. The quantitative estimate of drug-likeness (QED) is 0.250. The molecule has 1 aromatic carbocycles. The van der Waals surface area contributed by atoms with Crippen LogP contribution in [0.2, 0.25) is 5.02 Å². The average Bonchev–Trinajstić information content (AvgIpc) is 2.70. The highest BCUT2D eigenvalue weighted by atomic mass is 35.5. The molecule has 0 spiro atoms. The number of benzene rings is 1. The van der Waals surface area contributed by atoms with E-state index in [1.54, 1.807) is 23.9 Å². The van der Waals surface area contributed by atoms with Gasteiger partial charge in [0.2, 0.25) is 0 Å². The number of nitroso groups, excluding NO2 is 1. The van der Waals surface area contributed by atoms with E-state index in [0.717, 1.165) is 29.9 Å². The molecule has 0 amide bonds. The lowest BCUT2D eigenvalue weighted by Gasteiger charge is -2.31. The summed E-state index contributed by atoms with van der Waals surface area (Å²) in [7, 11) is 0. The summed E-state index contributed by atoms with van der Waals surface area (Å²) in [5.41, 5.74) is 1.75. The van der Waals surface area contributed by atoms with Gasteiger partial charge in [0, 0.05) is 35.3 Å². The van der Waals surface area contributed by atoms with Crippen LogP contribution in [0, 0.1) is 4.91 Å². The lowest BCUT2D eigenvalue weighted by Crippen LogP contribution is -2.33. The van der Waals surface area contributed by atoms with Crippen LogP contribution in [-0.4, -0.2) is 41.7 Å². The average molecular weight is 452 g/mol. The van der Waals surface area contributed by atoms with Crippen molar-refractivity contribution in [2.75, 3.05) is 19.8 Å². The van der Waals surface area contributed by atoms with Gasteiger partial charge in [0.15, 0.2) is 0 Å². The van der Waals surface area contributed by atoms with Crippen LogP contribution in [-0.2, 0) is 11.2 Å². The van der Waals surface area contributed by atoms with Gasteiger partial charge in [-0.3, -0.25) is 0 Å². The third-order valence-electron chi connectivity index (χ3n) is 4.52. The molecule has 0 saturated carbocycles. The van der Waals surface area contributed by atoms with Crippen LogP contribution >= 0.6 is 23.4 Å². The smallest absolute Gasteiger partial charge is 0.147 e. The molecule has 0 aliphatic carbocycles. The van der Waals surface area contributed by atoms with Gasteiger partial charge >= 0.3 is 0 Å². The van der Waals surface area contributed by atoms with Crippen LogP contribution < -0.4 is 4.74 Å². The van der Waals surface area contributed by atoms with E-state index in [1.165, 1.54) is 0 Å². The normalized spacial score (nSPS) is 22.2. The maximum absolute atomic E-state index is 10.6. The van der Waals surface area contributed by atoms with E-state index in [0.29, 0.717) is 30.9 Å². The van der Waals surface area contributed by atoms with Crippen molar-refractivity contribution in [3.8, 4) is 5.75 Å². The van der Waals surface area contributed by atoms with Gasteiger partial charge in [-0.15, -0.1) is 11.8 Å². The summed E-state index contributed by atoms with van der Waals surface area (Å²) in [5, 5.41) is 13.7. The Morgan fingerprint density at radius 3 is 3.00 bits per heavy atom. The van der Waals surface area contributed by atoms with Crippen LogP contribution in [0.5, 0.6) is 5.75 Å². The molecule has 1 aromatic rings. The summed E-state index contributed by atoms with van der Waals surface area (Å²) in [5.74, 6) is 0.717. The van der Waals surface area contributed by atoms with Gasteiger partial charge < -0.3 is 14.6 Å².